The van der Waals surface area contributed by atoms with Gasteiger partial charge in [-0.05, 0) is 162 Å². The summed E-state index contributed by atoms with van der Waals surface area (Å²) in [6.07, 6.45) is 83.5. The van der Waals surface area contributed by atoms with Crippen LogP contribution in [0.5, 0.6) is 0 Å². The Labute approximate surface area is 695 Å². The Bertz CT molecular complexity index is 3380. The molecule has 10 unspecified atom stereocenters. The number of nitrogens with zero attached hydrogens (tertiary/aromatic N) is 4. The van der Waals surface area contributed by atoms with Gasteiger partial charge in [0.2, 0.25) is 0 Å². The van der Waals surface area contributed by atoms with Crippen LogP contribution in [-0.4, -0.2) is 55.7 Å². The first-order valence-corrected chi connectivity index (χ1v) is 49.5. The lowest BCUT2D eigenvalue weighted by atomic mass is 9.61. The first-order chi connectivity index (χ1) is 55.5. The molecule has 0 bridgehead atoms. The highest BCUT2D eigenvalue weighted by molar-refractivity contribution is 6.13. The second-order valence-electron chi connectivity index (χ2n) is 38.4. The fourth-order valence-corrected chi connectivity index (χ4v) is 22.3. The predicted octanol–water partition coefficient (Wildman–Crippen LogP) is 27.1. The molecule has 1 aromatic carbocycles. The Morgan fingerprint density at radius 2 is 0.526 bits per heavy atom. The Kier molecular flexibility index (Phi) is 46.0. The zero-order chi connectivity index (χ0) is 81.8. The number of rotatable bonds is 68. The summed E-state index contributed by atoms with van der Waals surface area (Å²) < 4.78 is 2.90. The van der Waals surface area contributed by atoms with Gasteiger partial charge in [0, 0.05) is 49.5 Å². The van der Waals surface area contributed by atoms with Crippen molar-refractivity contribution in [3.8, 4) is 0 Å². The molecule has 0 radical (unpaired) electrons. The second-order valence-corrected chi connectivity index (χ2v) is 38.4. The van der Waals surface area contributed by atoms with E-state index in [0.717, 1.165) is 156 Å². The molecule has 7 rings (SSSR count). The molecular formula is C102H170N4O8. The summed E-state index contributed by atoms with van der Waals surface area (Å²) in [5, 5.41) is 1.06. The monoisotopic (exact) mass is 1580 g/mol. The third-order valence-corrected chi connectivity index (χ3v) is 29.3. The van der Waals surface area contributed by atoms with Crippen molar-refractivity contribution >= 4 is 45.2 Å². The molecule has 4 amide bonds. The fraction of sp³-hybridized carbons (Fsp3) is 0.824. The second kappa shape index (κ2) is 54.4. The van der Waals surface area contributed by atoms with Gasteiger partial charge in [0.25, 0.3) is 45.9 Å². The number of hydrogen-bond acceptors (Lipinski definition) is 8. The molecule has 114 heavy (non-hydrogen) atoms. The molecule has 2 aromatic heterocycles. The standard InChI is InChI=1S/C102H170N4O8/c1-9-15-21-26-36-48-61-86-82(57-44-23-17-11-3)65-67-83(88(86)63-49-37-28-31-41-54-76-103-93(107)68-69-94(103)108)58-45-34-27-30-40-53-75-102(8,74-20-14-6)106-99(113)91-78-89-90(79-92(91)100(106)114)98(112)104(97(89)111)77-55-42-32-29-38-50-62-87-84(66-64-81(56-43-22-16-10-2)85(87)60-47-24-18-12-4)59-46-35-33-39-52-73-101(7,72-51-25-19-13-5)80-105-95(109)70-71-96(105)110/h68-71,78-79,81-88H,9-67,72-77,80H2,1-8H3. The van der Waals surface area contributed by atoms with E-state index in [2.05, 4.69) is 55.4 Å². The summed E-state index contributed by atoms with van der Waals surface area (Å²) in [6.45, 7) is 19.6. The number of benzene rings is 1. The van der Waals surface area contributed by atoms with Crippen molar-refractivity contribution in [2.24, 2.45) is 52.8 Å². The summed E-state index contributed by atoms with van der Waals surface area (Å²) >= 11 is 0. The highest BCUT2D eigenvalue weighted by Gasteiger charge is 2.41. The molecular weight excluding hydrogens is 1410 g/mol. The molecule has 646 valence electrons. The van der Waals surface area contributed by atoms with E-state index < -0.39 is 5.54 Å². The lowest BCUT2D eigenvalue weighted by molar-refractivity contribution is -0.139. The van der Waals surface area contributed by atoms with Crippen LogP contribution < -0.4 is 22.2 Å². The Hall–Kier alpha value is -4.74. The van der Waals surface area contributed by atoms with E-state index in [-0.39, 0.29) is 72.8 Å². The first kappa shape index (κ1) is 96.4. The normalized spacial score (nSPS) is 21.2. The Morgan fingerprint density at radius 3 is 0.877 bits per heavy atom. The summed E-state index contributed by atoms with van der Waals surface area (Å²) in [6, 6.07) is 3.17. The van der Waals surface area contributed by atoms with Gasteiger partial charge in [0.1, 0.15) is 0 Å². The number of fused-ring (bicyclic) bond motifs is 2. The van der Waals surface area contributed by atoms with Crippen LogP contribution in [0.2, 0.25) is 0 Å². The fourth-order valence-electron chi connectivity index (χ4n) is 22.3. The van der Waals surface area contributed by atoms with Gasteiger partial charge in [-0.3, -0.25) is 57.3 Å². The van der Waals surface area contributed by atoms with Crippen molar-refractivity contribution in [2.75, 3.05) is 13.1 Å². The van der Waals surface area contributed by atoms with Crippen LogP contribution in [0, 0.1) is 52.8 Å². The third-order valence-electron chi connectivity index (χ3n) is 29.3. The van der Waals surface area contributed by atoms with Crippen molar-refractivity contribution < 1.29 is 19.2 Å². The number of aromatic nitrogens is 2. The molecule has 3 aromatic rings. The Balaban J connectivity index is 0.885. The molecule has 2 aliphatic carbocycles. The van der Waals surface area contributed by atoms with Crippen LogP contribution in [-0.2, 0) is 31.3 Å². The van der Waals surface area contributed by atoms with Crippen molar-refractivity contribution in [3.05, 3.63) is 77.9 Å². The highest BCUT2D eigenvalue weighted by Crippen LogP contribution is 2.50. The molecule has 10 atom stereocenters. The van der Waals surface area contributed by atoms with Gasteiger partial charge in [0.15, 0.2) is 0 Å². The molecule has 2 fully saturated rings. The third kappa shape index (κ3) is 31.1. The van der Waals surface area contributed by atoms with Crippen LogP contribution in [0.4, 0.5) is 0 Å². The summed E-state index contributed by atoms with van der Waals surface area (Å²) in [5.74, 6) is 6.09. The number of carbonyl (C=O) groups excluding carboxylic acids is 4. The number of carbonyl (C=O) groups is 4. The van der Waals surface area contributed by atoms with Crippen LogP contribution >= 0.6 is 0 Å². The molecule has 4 aliphatic rings. The Morgan fingerprint density at radius 1 is 0.272 bits per heavy atom. The average molecular weight is 1580 g/mol. The van der Waals surface area contributed by atoms with Gasteiger partial charge < -0.3 is 0 Å². The summed E-state index contributed by atoms with van der Waals surface area (Å²) in [4.78, 5) is 110. The molecule has 2 saturated carbocycles. The minimum Gasteiger partial charge on any atom is -0.275 e. The number of unbranched alkanes of at least 4 members (excludes halogenated alkanes) is 37. The average Bonchev–Trinajstić information content (AvgIpc) is 1.57. The van der Waals surface area contributed by atoms with Crippen molar-refractivity contribution in [2.45, 2.75) is 472 Å². The number of hydrogen-bond donors (Lipinski definition) is 0. The van der Waals surface area contributed by atoms with E-state index in [0.29, 0.717) is 19.6 Å². The zero-order valence-electron chi connectivity index (χ0n) is 74.8. The quantitative estimate of drug-likeness (QED) is 0.0400. The van der Waals surface area contributed by atoms with E-state index in [1.807, 2.05) is 0 Å². The van der Waals surface area contributed by atoms with E-state index in [1.165, 1.54) is 339 Å². The van der Waals surface area contributed by atoms with E-state index in [4.69, 9.17) is 0 Å². The van der Waals surface area contributed by atoms with Gasteiger partial charge >= 0.3 is 0 Å². The summed E-state index contributed by atoms with van der Waals surface area (Å²) in [7, 11) is 0. The van der Waals surface area contributed by atoms with Gasteiger partial charge in [-0.25, -0.2) is 0 Å². The molecule has 0 N–H and O–H groups in total. The van der Waals surface area contributed by atoms with Crippen molar-refractivity contribution in [1.29, 1.82) is 0 Å². The number of imide groups is 2. The molecule has 12 nitrogen and oxygen atoms in total. The lowest BCUT2D eigenvalue weighted by Gasteiger charge is -2.44. The van der Waals surface area contributed by atoms with Gasteiger partial charge in [0.05, 0.1) is 21.5 Å². The maximum atomic E-state index is 14.7. The van der Waals surface area contributed by atoms with Crippen LogP contribution in [0.15, 0.2) is 55.6 Å². The van der Waals surface area contributed by atoms with Crippen LogP contribution in [0.3, 0.4) is 0 Å². The molecule has 12 heteroatoms. The predicted molar refractivity (Wildman–Crippen MR) is 481 cm³/mol. The van der Waals surface area contributed by atoms with Gasteiger partial charge in [-0.1, -0.05) is 363 Å². The van der Waals surface area contributed by atoms with Crippen molar-refractivity contribution in [1.82, 2.24) is 18.9 Å². The largest absolute Gasteiger partial charge is 0.275 e. The summed E-state index contributed by atoms with van der Waals surface area (Å²) in [5.41, 5.74) is -2.02. The minimum absolute atomic E-state index is 0.0345. The lowest BCUT2D eigenvalue weighted by Crippen LogP contribution is -2.43. The van der Waals surface area contributed by atoms with E-state index >= 15 is 0 Å². The van der Waals surface area contributed by atoms with Crippen LogP contribution in [0.25, 0.3) is 21.5 Å². The van der Waals surface area contributed by atoms with Crippen LogP contribution in [0.1, 0.15) is 460 Å². The maximum Gasteiger partial charge on any atom is 0.262 e. The maximum absolute atomic E-state index is 14.7. The minimum atomic E-state index is -0.661. The SMILES string of the molecule is CCCCCCCCC1C(CCCCCC)CCC(CCCCCCCCC(C)(CCCC)n2c(=O)c3cc4c(=O)n(CCCCCCCCC5C(CCCCCCCC(C)(CCCCCC)CN6C(=O)C=CC6=O)CCC(CCCCCC)C5CCCCCC)c(=O)c4cc3c2=O)C1CCCCCCCCN1C(=O)C=CC1=O. The smallest absolute Gasteiger partial charge is 0.262 e. The molecule has 0 spiro atoms. The number of amides is 4. The van der Waals surface area contributed by atoms with Gasteiger partial charge in [-0.15, -0.1) is 0 Å². The van der Waals surface area contributed by atoms with Gasteiger partial charge in [-0.2, -0.15) is 0 Å². The zero-order valence-corrected chi connectivity index (χ0v) is 74.8. The first-order valence-electron chi connectivity index (χ1n) is 49.5. The van der Waals surface area contributed by atoms with E-state index in [9.17, 15) is 38.4 Å². The molecule has 4 heterocycles. The topological polar surface area (TPSA) is 153 Å². The molecule has 2 aliphatic heterocycles. The molecule has 0 saturated heterocycles. The highest BCUT2D eigenvalue weighted by atomic mass is 16.2. The van der Waals surface area contributed by atoms with Crippen molar-refractivity contribution in [3.63, 3.8) is 0 Å². The van der Waals surface area contributed by atoms with E-state index in [1.54, 1.807) is 12.1 Å².